The molecule has 10 heteroatoms. The lowest BCUT2D eigenvalue weighted by Crippen LogP contribution is -2.30. The molecule has 33 heavy (non-hydrogen) atoms. The molecule has 1 aromatic heterocycles. The lowest BCUT2D eigenvalue weighted by molar-refractivity contribution is -0.384. The average Bonchev–Trinajstić information content (AvgIpc) is 3.43. The van der Waals surface area contributed by atoms with Gasteiger partial charge < -0.3 is 18.8 Å². The van der Waals surface area contributed by atoms with Crippen molar-refractivity contribution in [1.82, 2.24) is 9.47 Å². The summed E-state index contributed by atoms with van der Waals surface area (Å²) >= 11 is 0. The molecule has 3 heterocycles. The molecule has 0 unspecified atom stereocenters. The van der Waals surface area contributed by atoms with Gasteiger partial charge in [-0.3, -0.25) is 19.5 Å². The quantitative estimate of drug-likeness (QED) is 0.415. The molecule has 0 aliphatic carbocycles. The minimum Gasteiger partial charge on any atom is -0.486 e. The summed E-state index contributed by atoms with van der Waals surface area (Å²) in [5.41, 5.74) is 1.54. The number of carbonyl (C=O) groups excluding carboxylic acids is 1. The monoisotopic (exact) mass is 453 g/mol. The van der Waals surface area contributed by atoms with Gasteiger partial charge in [-0.2, -0.15) is 0 Å². The summed E-state index contributed by atoms with van der Waals surface area (Å²) in [6.45, 7) is 2.03. The predicted molar refractivity (Wildman–Crippen MR) is 117 cm³/mol. The number of nitro benzene ring substituents is 1. The lowest BCUT2D eigenvalue weighted by atomic mass is 10.0. The molecule has 2 aromatic carbocycles. The Bertz CT molecular complexity index is 1280. The molecule has 1 fully saturated rings. The van der Waals surface area contributed by atoms with Crippen molar-refractivity contribution in [1.29, 1.82) is 0 Å². The summed E-state index contributed by atoms with van der Waals surface area (Å²) in [7, 11) is 0. The van der Waals surface area contributed by atoms with Crippen molar-refractivity contribution in [3.8, 4) is 11.5 Å². The number of nitro groups is 1. The van der Waals surface area contributed by atoms with Crippen LogP contribution in [0, 0.1) is 10.1 Å². The highest BCUT2D eigenvalue weighted by molar-refractivity contribution is 5.77. The van der Waals surface area contributed by atoms with E-state index in [0.29, 0.717) is 37.4 Å². The molecule has 2 aliphatic rings. The van der Waals surface area contributed by atoms with Crippen LogP contribution in [0.15, 0.2) is 45.6 Å². The number of likely N-dealkylation sites (tertiary alicyclic amines) is 1. The standard InChI is InChI=1S/C23H23N3O7/c27-22(4-2-10-25-18-7-6-16(26(29)30)14-20(18)33-23(25)28)24-9-1-3-17(24)15-5-8-19-21(13-15)32-12-11-31-19/h5-8,13-14,17H,1-4,9-12H2/t17-/m0/s1. The Morgan fingerprint density at radius 3 is 2.76 bits per heavy atom. The molecule has 2 aliphatic heterocycles. The van der Waals surface area contributed by atoms with Crippen LogP contribution in [0.25, 0.3) is 11.1 Å². The number of rotatable bonds is 6. The second kappa shape index (κ2) is 8.61. The number of amides is 1. The molecule has 1 amide bonds. The van der Waals surface area contributed by atoms with Crippen LogP contribution >= 0.6 is 0 Å². The minimum atomic E-state index is -0.590. The zero-order valence-electron chi connectivity index (χ0n) is 17.9. The van der Waals surface area contributed by atoms with Gasteiger partial charge in [-0.1, -0.05) is 6.07 Å². The van der Waals surface area contributed by atoms with E-state index in [0.717, 1.165) is 24.2 Å². The lowest BCUT2D eigenvalue weighted by Gasteiger charge is -2.27. The van der Waals surface area contributed by atoms with Gasteiger partial charge in [0, 0.05) is 25.6 Å². The Hall–Kier alpha value is -3.82. The van der Waals surface area contributed by atoms with Gasteiger partial charge in [0.25, 0.3) is 5.69 Å². The molecule has 5 rings (SSSR count). The van der Waals surface area contributed by atoms with Crippen LogP contribution in [0.1, 0.15) is 37.3 Å². The third-order valence-electron chi connectivity index (χ3n) is 6.16. The summed E-state index contributed by atoms with van der Waals surface area (Å²) in [6, 6.07) is 9.90. The van der Waals surface area contributed by atoms with Crippen molar-refractivity contribution >= 4 is 22.7 Å². The SMILES string of the molecule is O=C(CCCn1c(=O)oc2cc([N+](=O)[O-])ccc21)N1CCC[C@H]1c1ccc2c(c1)OCCO2. The number of hydrogen-bond donors (Lipinski definition) is 0. The average molecular weight is 453 g/mol. The number of aromatic nitrogens is 1. The molecule has 0 spiro atoms. The summed E-state index contributed by atoms with van der Waals surface area (Å²) in [5.74, 6) is 0.880. The van der Waals surface area contributed by atoms with Gasteiger partial charge >= 0.3 is 5.76 Å². The number of nitrogens with zero attached hydrogens (tertiary/aromatic N) is 3. The molecule has 3 aromatic rings. The van der Waals surface area contributed by atoms with Crippen molar-refractivity contribution in [3.05, 3.63) is 62.6 Å². The highest BCUT2D eigenvalue weighted by Crippen LogP contribution is 2.38. The Labute approximate surface area is 188 Å². The van der Waals surface area contributed by atoms with E-state index in [1.54, 1.807) is 0 Å². The zero-order valence-corrected chi connectivity index (χ0v) is 17.9. The first-order valence-corrected chi connectivity index (χ1v) is 11.0. The van der Waals surface area contributed by atoms with E-state index in [4.69, 9.17) is 13.9 Å². The van der Waals surface area contributed by atoms with Crippen molar-refractivity contribution in [2.24, 2.45) is 0 Å². The number of hydrogen-bond acceptors (Lipinski definition) is 7. The van der Waals surface area contributed by atoms with Crippen LogP contribution in [0.5, 0.6) is 11.5 Å². The Morgan fingerprint density at radius 2 is 1.94 bits per heavy atom. The fourth-order valence-corrected chi connectivity index (χ4v) is 4.59. The largest absolute Gasteiger partial charge is 0.486 e. The number of non-ortho nitro benzene ring substituents is 1. The van der Waals surface area contributed by atoms with Crippen LogP contribution in [-0.2, 0) is 11.3 Å². The van der Waals surface area contributed by atoms with Gasteiger partial charge in [0.15, 0.2) is 17.1 Å². The van der Waals surface area contributed by atoms with Crippen LogP contribution in [-0.4, -0.2) is 40.1 Å². The van der Waals surface area contributed by atoms with Crippen molar-refractivity contribution < 1.29 is 23.6 Å². The fraction of sp³-hybridized carbons (Fsp3) is 0.391. The molecule has 0 saturated carbocycles. The Morgan fingerprint density at radius 1 is 1.12 bits per heavy atom. The maximum Gasteiger partial charge on any atom is 0.419 e. The van der Waals surface area contributed by atoms with Crippen LogP contribution < -0.4 is 15.2 Å². The summed E-state index contributed by atoms with van der Waals surface area (Å²) in [6.07, 6.45) is 2.55. The van der Waals surface area contributed by atoms with Gasteiger partial charge in [-0.25, -0.2) is 4.79 Å². The Balaban J connectivity index is 1.25. The number of fused-ring (bicyclic) bond motifs is 2. The van der Waals surface area contributed by atoms with E-state index in [1.807, 2.05) is 23.1 Å². The first kappa shape index (κ1) is 21.0. The molecular weight excluding hydrogens is 430 g/mol. The second-order valence-corrected chi connectivity index (χ2v) is 8.18. The third-order valence-corrected chi connectivity index (χ3v) is 6.16. The molecular formula is C23H23N3O7. The van der Waals surface area contributed by atoms with Crippen LogP contribution in [0.3, 0.4) is 0 Å². The van der Waals surface area contributed by atoms with E-state index in [2.05, 4.69) is 0 Å². The number of aryl methyl sites for hydroxylation is 1. The number of benzene rings is 2. The van der Waals surface area contributed by atoms with Gasteiger partial charge in [-0.15, -0.1) is 0 Å². The normalized spacial score (nSPS) is 17.5. The summed E-state index contributed by atoms with van der Waals surface area (Å²) in [5, 5.41) is 10.9. The molecule has 10 nitrogen and oxygen atoms in total. The van der Waals surface area contributed by atoms with Crippen LogP contribution in [0.4, 0.5) is 5.69 Å². The van der Waals surface area contributed by atoms with Gasteiger partial charge in [-0.05, 0) is 43.0 Å². The first-order valence-electron chi connectivity index (χ1n) is 11.0. The van der Waals surface area contributed by atoms with Gasteiger partial charge in [0.2, 0.25) is 5.91 Å². The van der Waals surface area contributed by atoms with Crippen LogP contribution in [0.2, 0.25) is 0 Å². The van der Waals surface area contributed by atoms with E-state index in [1.165, 1.54) is 22.8 Å². The summed E-state index contributed by atoms with van der Waals surface area (Å²) < 4.78 is 17.8. The second-order valence-electron chi connectivity index (χ2n) is 8.18. The van der Waals surface area contributed by atoms with E-state index >= 15 is 0 Å². The fourth-order valence-electron chi connectivity index (χ4n) is 4.59. The van der Waals surface area contributed by atoms with E-state index < -0.39 is 10.7 Å². The van der Waals surface area contributed by atoms with E-state index in [-0.39, 0.29) is 36.2 Å². The van der Waals surface area contributed by atoms with Crippen molar-refractivity contribution in [3.63, 3.8) is 0 Å². The first-order chi connectivity index (χ1) is 16.0. The van der Waals surface area contributed by atoms with Crippen molar-refractivity contribution in [2.75, 3.05) is 19.8 Å². The van der Waals surface area contributed by atoms with Gasteiger partial charge in [0.05, 0.1) is 22.5 Å². The Kier molecular flexibility index (Phi) is 5.49. The maximum absolute atomic E-state index is 13.0. The molecule has 0 N–H and O–H groups in total. The highest BCUT2D eigenvalue weighted by atomic mass is 16.6. The predicted octanol–water partition coefficient (Wildman–Crippen LogP) is 3.42. The molecule has 1 saturated heterocycles. The number of oxazole rings is 1. The molecule has 0 radical (unpaired) electrons. The zero-order chi connectivity index (χ0) is 22.9. The minimum absolute atomic E-state index is 0.00801. The number of carbonyl (C=O) groups is 1. The van der Waals surface area contributed by atoms with Crippen molar-refractivity contribution in [2.45, 2.75) is 38.3 Å². The molecule has 0 bridgehead atoms. The third kappa shape index (κ3) is 4.04. The molecule has 172 valence electrons. The summed E-state index contributed by atoms with van der Waals surface area (Å²) in [4.78, 5) is 37.5. The topological polar surface area (TPSA) is 117 Å². The number of ether oxygens (including phenoxy) is 2. The van der Waals surface area contributed by atoms with E-state index in [9.17, 15) is 19.7 Å². The van der Waals surface area contributed by atoms with Gasteiger partial charge in [0.1, 0.15) is 13.2 Å². The maximum atomic E-state index is 13.0. The smallest absolute Gasteiger partial charge is 0.419 e. The molecule has 1 atom stereocenters. The highest BCUT2D eigenvalue weighted by Gasteiger charge is 2.30.